The van der Waals surface area contributed by atoms with Crippen LogP contribution in [0.1, 0.15) is 25.7 Å². The van der Waals surface area contributed by atoms with Crippen molar-refractivity contribution in [3.8, 4) is 0 Å². The quantitative estimate of drug-likeness (QED) is 0.627. The molecule has 0 spiro atoms. The Morgan fingerprint density at radius 1 is 1.23 bits per heavy atom. The van der Waals surface area contributed by atoms with E-state index in [1.165, 1.54) is 0 Å². The summed E-state index contributed by atoms with van der Waals surface area (Å²) in [6.07, 6.45) is 3.70. The monoisotopic (exact) mass is 223 g/mol. The molecule has 0 aromatic heterocycles. The molecule has 0 saturated carbocycles. The summed E-state index contributed by atoms with van der Waals surface area (Å²) >= 11 is 0. The number of nitrogens with zero attached hydrogens (tertiary/aromatic N) is 1. The van der Waals surface area contributed by atoms with E-state index in [4.69, 9.17) is 10.7 Å². The van der Waals surface area contributed by atoms with Gasteiger partial charge in [0, 0.05) is 22.8 Å². The number of halogens is 1. The summed E-state index contributed by atoms with van der Waals surface area (Å²) in [4.78, 5) is 2.30. The van der Waals surface area contributed by atoms with Crippen molar-refractivity contribution in [2.75, 3.05) is 7.05 Å². The second-order valence-electron chi connectivity index (χ2n) is 4.12. The second kappa shape index (κ2) is 3.11. The van der Waals surface area contributed by atoms with Gasteiger partial charge in [-0.2, -0.15) is 0 Å². The fraction of sp³-hybridized carbons (Fsp3) is 1.00. The Labute approximate surface area is 83.5 Å². The summed E-state index contributed by atoms with van der Waals surface area (Å²) in [5, 5.41) is -0.303. The second-order valence-corrected chi connectivity index (χ2v) is 7.03. The van der Waals surface area contributed by atoms with Gasteiger partial charge in [-0.3, -0.25) is 0 Å². The first kappa shape index (κ1) is 9.74. The van der Waals surface area contributed by atoms with Gasteiger partial charge in [-0.1, -0.05) is 0 Å². The van der Waals surface area contributed by atoms with Gasteiger partial charge in [0.1, 0.15) is 0 Å². The lowest BCUT2D eigenvalue weighted by molar-refractivity contribution is 0.181. The smallest absolute Gasteiger partial charge is 0.235 e. The van der Waals surface area contributed by atoms with Crippen LogP contribution in [0.5, 0.6) is 0 Å². The molecule has 76 valence electrons. The number of piperidine rings is 1. The molecule has 0 aromatic carbocycles. The van der Waals surface area contributed by atoms with E-state index in [1.807, 2.05) is 0 Å². The van der Waals surface area contributed by atoms with Gasteiger partial charge in [0.2, 0.25) is 9.05 Å². The SMILES string of the molecule is CN1C2CCC1CC(S(=O)(=O)Cl)C2. The summed E-state index contributed by atoms with van der Waals surface area (Å²) in [7, 11) is 4.12. The van der Waals surface area contributed by atoms with E-state index in [2.05, 4.69) is 11.9 Å². The van der Waals surface area contributed by atoms with Crippen molar-refractivity contribution in [1.82, 2.24) is 4.90 Å². The maximum Gasteiger partial charge on any atom is 0.235 e. The van der Waals surface area contributed by atoms with Gasteiger partial charge in [-0.25, -0.2) is 8.42 Å². The molecule has 2 heterocycles. The number of hydrogen-bond acceptors (Lipinski definition) is 3. The molecular formula is C8H14ClNO2S. The van der Waals surface area contributed by atoms with Crippen LogP contribution in [-0.2, 0) is 9.05 Å². The van der Waals surface area contributed by atoms with Crippen LogP contribution >= 0.6 is 10.7 Å². The first-order valence-corrected chi connectivity index (χ1v) is 7.01. The number of fused-ring (bicyclic) bond motifs is 2. The molecule has 5 heteroatoms. The zero-order valence-electron chi connectivity index (χ0n) is 7.61. The Morgan fingerprint density at radius 2 is 1.69 bits per heavy atom. The molecule has 2 atom stereocenters. The molecule has 0 amide bonds. The van der Waals surface area contributed by atoms with Crippen molar-refractivity contribution in [3.63, 3.8) is 0 Å². The average Bonchev–Trinajstić information content (AvgIpc) is 2.29. The molecule has 2 unspecified atom stereocenters. The van der Waals surface area contributed by atoms with Crippen LogP contribution in [0.25, 0.3) is 0 Å². The standard InChI is InChI=1S/C8H14ClNO2S/c1-10-6-2-3-7(10)5-8(4-6)13(9,11)12/h6-8H,2-5H2,1H3. The maximum absolute atomic E-state index is 11.2. The van der Waals surface area contributed by atoms with E-state index in [-0.39, 0.29) is 5.25 Å². The highest BCUT2D eigenvalue weighted by atomic mass is 35.7. The van der Waals surface area contributed by atoms with Crippen molar-refractivity contribution >= 4 is 19.7 Å². The maximum atomic E-state index is 11.2. The highest BCUT2D eigenvalue weighted by Crippen LogP contribution is 2.37. The Kier molecular flexibility index (Phi) is 2.33. The predicted octanol–water partition coefficient (Wildman–Crippen LogP) is 1.18. The zero-order valence-corrected chi connectivity index (χ0v) is 9.18. The van der Waals surface area contributed by atoms with E-state index in [0.29, 0.717) is 12.1 Å². The van der Waals surface area contributed by atoms with E-state index in [9.17, 15) is 8.42 Å². The minimum Gasteiger partial charge on any atom is -0.300 e. The Morgan fingerprint density at radius 3 is 2.08 bits per heavy atom. The molecule has 2 aliphatic rings. The minimum absolute atomic E-state index is 0.303. The molecule has 0 N–H and O–H groups in total. The highest BCUT2D eigenvalue weighted by molar-refractivity contribution is 8.14. The molecule has 0 aromatic rings. The van der Waals surface area contributed by atoms with Gasteiger partial charge in [0.05, 0.1) is 5.25 Å². The average molecular weight is 224 g/mol. The lowest BCUT2D eigenvalue weighted by atomic mass is 10.0. The first-order chi connectivity index (χ1) is 5.98. The lowest BCUT2D eigenvalue weighted by Crippen LogP contribution is -2.43. The first-order valence-electron chi connectivity index (χ1n) is 4.64. The Balaban J connectivity index is 2.16. The molecule has 13 heavy (non-hydrogen) atoms. The number of hydrogen-bond donors (Lipinski definition) is 0. The van der Waals surface area contributed by atoms with Crippen molar-refractivity contribution in [2.45, 2.75) is 43.0 Å². The Hall–Kier alpha value is 0.200. The van der Waals surface area contributed by atoms with Crippen LogP contribution in [0.4, 0.5) is 0 Å². The van der Waals surface area contributed by atoms with Crippen LogP contribution in [-0.4, -0.2) is 37.7 Å². The van der Waals surface area contributed by atoms with E-state index in [0.717, 1.165) is 25.7 Å². The molecule has 2 aliphatic heterocycles. The van der Waals surface area contributed by atoms with Gasteiger partial charge in [0.25, 0.3) is 0 Å². The third-order valence-corrected chi connectivity index (χ3v) is 5.39. The van der Waals surface area contributed by atoms with Gasteiger partial charge in [0.15, 0.2) is 0 Å². The third-order valence-electron chi connectivity index (χ3n) is 3.45. The van der Waals surface area contributed by atoms with Gasteiger partial charge < -0.3 is 4.90 Å². The molecule has 2 fully saturated rings. The summed E-state index contributed by atoms with van der Waals surface area (Å²) in [6.45, 7) is 0. The molecule has 0 radical (unpaired) electrons. The third kappa shape index (κ3) is 1.72. The van der Waals surface area contributed by atoms with E-state index >= 15 is 0 Å². The molecule has 2 bridgehead atoms. The summed E-state index contributed by atoms with van der Waals surface area (Å²) < 4.78 is 22.3. The van der Waals surface area contributed by atoms with Crippen molar-refractivity contribution in [3.05, 3.63) is 0 Å². The van der Waals surface area contributed by atoms with Crippen LogP contribution < -0.4 is 0 Å². The molecular weight excluding hydrogens is 210 g/mol. The zero-order chi connectivity index (χ0) is 9.64. The van der Waals surface area contributed by atoms with Gasteiger partial charge in [-0.05, 0) is 32.7 Å². The summed E-state index contributed by atoms with van der Waals surface area (Å²) in [6, 6.07) is 0.884. The van der Waals surface area contributed by atoms with E-state index in [1.54, 1.807) is 0 Å². The predicted molar refractivity (Wildman–Crippen MR) is 52.4 cm³/mol. The van der Waals surface area contributed by atoms with Crippen molar-refractivity contribution in [1.29, 1.82) is 0 Å². The topological polar surface area (TPSA) is 37.4 Å². The fourth-order valence-corrected chi connectivity index (χ4v) is 3.93. The minimum atomic E-state index is -3.33. The van der Waals surface area contributed by atoms with Crippen LogP contribution in [0, 0.1) is 0 Å². The normalized spacial score (nSPS) is 40.9. The summed E-state index contributed by atoms with van der Waals surface area (Å²) in [5.74, 6) is 0. The van der Waals surface area contributed by atoms with Gasteiger partial charge >= 0.3 is 0 Å². The van der Waals surface area contributed by atoms with Crippen LogP contribution in [0.2, 0.25) is 0 Å². The lowest BCUT2D eigenvalue weighted by Gasteiger charge is -2.34. The molecule has 0 aliphatic carbocycles. The van der Waals surface area contributed by atoms with Crippen LogP contribution in [0.15, 0.2) is 0 Å². The number of rotatable bonds is 1. The van der Waals surface area contributed by atoms with Gasteiger partial charge in [-0.15, -0.1) is 0 Å². The van der Waals surface area contributed by atoms with Crippen LogP contribution in [0.3, 0.4) is 0 Å². The van der Waals surface area contributed by atoms with E-state index < -0.39 is 9.05 Å². The molecule has 3 nitrogen and oxygen atoms in total. The van der Waals surface area contributed by atoms with Crippen molar-refractivity contribution < 1.29 is 8.42 Å². The largest absolute Gasteiger partial charge is 0.300 e. The van der Waals surface area contributed by atoms with Crippen molar-refractivity contribution in [2.24, 2.45) is 0 Å². The Bertz CT molecular complexity index is 289. The highest BCUT2D eigenvalue weighted by Gasteiger charge is 2.42. The molecule has 2 rings (SSSR count). The fourth-order valence-electron chi connectivity index (χ4n) is 2.59. The molecule has 2 saturated heterocycles. The summed E-state index contributed by atoms with van der Waals surface area (Å²) in [5.41, 5.74) is 0.